The fourth-order valence-corrected chi connectivity index (χ4v) is 0.923. The average Bonchev–Trinajstić information content (AvgIpc) is 2.77. The summed E-state index contributed by atoms with van der Waals surface area (Å²) in [5, 5.41) is 0. The van der Waals surface area contributed by atoms with Crippen LogP contribution in [-0.4, -0.2) is 19.1 Å². The Kier molecular flexibility index (Phi) is 3.26. The fourth-order valence-electron chi connectivity index (χ4n) is 0.923. The zero-order valence-corrected chi connectivity index (χ0v) is 9.42. The molecular formula is C7H8N5Re-. The molecule has 0 aliphatic carbocycles. The van der Waals surface area contributed by atoms with E-state index in [0.29, 0.717) is 6.29 Å². The SMILES string of the molecule is N[C-](n1ccnc1)n1ccnc1.[Re]. The van der Waals surface area contributed by atoms with Crippen LogP contribution in [0.2, 0.25) is 0 Å². The van der Waals surface area contributed by atoms with Crippen LogP contribution in [0.25, 0.3) is 0 Å². The fraction of sp³-hybridized carbons (Fsp3) is 0. The first kappa shape index (κ1) is 10.00. The molecule has 0 saturated carbocycles. The molecule has 0 amide bonds. The van der Waals surface area contributed by atoms with Gasteiger partial charge in [-0.3, -0.25) is 9.97 Å². The summed E-state index contributed by atoms with van der Waals surface area (Å²) >= 11 is 0. The van der Waals surface area contributed by atoms with Crippen molar-refractivity contribution in [1.82, 2.24) is 19.1 Å². The molecule has 69 valence electrons. The van der Waals surface area contributed by atoms with Crippen LogP contribution in [-0.2, 0) is 20.4 Å². The van der Waals surface area contributed by atoms with Gasteiger partial charge in [-0.1, -0.05) is 0 Å². The van der Waals surface area contributed by atoms with Gasteiger partial charge in [-0.15, -0.1) is 0 Å². The van der Waals surface area contributed by atoms with Crippen molar-refractivity contribution in [3.8, 4) is 0 Å². The summed E-state index contributed by atoms with van der Waals surface area (Å²) in [6.07, 6.45) is 10.7. The molecule has 13 heavy (non-hydrogen) atoms. The van der Waals surface area contributed by atoms with Gasteiger partial charge in [-0.2, -0.15) is 0 Å². The van der Waals surface area contributed by atoms with Crippen LogP contribution in [0.3, 0.4) is 0 Å². The van der Waals surface area contributed by atoms with Crippen molar-refractivity contribution in [3.63, 3.8) is 0 Å². The average molecular weight is 348 g/mol. The Morgan fingerprint density at radius 2 is 1.46 bits per heavy atom. The molecule has 0 fully saturated rings. The van der Waals surface area contributed by atoms with Crippen LogP contribution in [0.5, 0.6) is 0 Å². The van der Waals surface area contributed by atoms with Gasteiger partial charge in [0.05, 0.1) is 6.29 Å². The summed E-state index contributed by atoms with van der Waals surface area (Å²) in [5.41, 5.74) is 5.77. The van der Waals surface area contributed by atoms with Gasteiger partial charge in [0, 0.05) is 45.5 Å². The molecule has 0 saturated heterocycles. The molecule has 1 radical (unpaired) electrons. The largest absolute Gasteiger partial charge is 0.379 e. The van der Waals surface area contributed by atoms with E-state index in [-0.39, 0.29) is 20.4 Å². The van der Waals surface area contributed by atoms with Crippen molar-refractivity contribution < 1.29 is 20.4 Å². The number of imidazole rings is 2. The second kappa shape index (κ2) is 4.23. The molecule has 5 nitrogen and oxygen atoms in total. The molecule has 2 rings (SSSR count). The third kappa shape index (κ3) is 1.98. The van der Waals surface area contributed by atoms with E-state index in [0.717, 1.165) is 0 Å². The smallest absolute Gasteiger partial charge is 0.0884 e. The van der Waals surface area contributed by atoms with Crippen molar-refractivity contribution in [2.75, 3.05) is 0 Å². The minimum atomic E-state index is 0. The predicted octanol–water partition coefficient (Wildman–Crippen LogP) is -0.121. The van der Waals surface area contributed by atoms with Crippen LogP contribution in [0.4, 0.5) is 0 Å². The van der Waals surface area contributed by atoms with Crippen molar-refractivity contribution in [1.29, 1.82) is 0 Å². The molecule has 2 aromatic heterocycles. The Balaban J connectivity index is 0.000000845. The van der Waals surface area contributed by atoms with Gasteiger partial charge in [-0.25, -0.2) is 0 Å². The second-order valence-electron chi connectivity index (χ2n) is 2.30. The molecule has 0 unspecified atom stereocenters. The zero-order chi connectivity index (χ0) is 8.39. The minimum absolute atomic E-state index is 0. The van der Waals surface area contributed by atoms with Crippen molar-refractivity contribution >= 4 is 0 Å². The molecule has 6 heteroatoms. The van der Waals surface area contributed by atoms with E-state index in [1.807, 2.05) is 0 Å². The number of nitrogens with two attached hydrogens (primary N) is 1. The summed E-state index contributed by atoms with van der Waals surface area (Å²) in [5.74, 6) is 0. The van der Waals surface area contributed by atoms with E-state index in [9.17, 15) is 0 Å². The first-order valence-electron chi connectivity index (χ1n) is 3.47. The van der Waals surface area contributed by atoms with Gasteiger partial charge >= 0.3 is 0 Å². The number of nitrogens with zero attached hydrogens (tertiary/aromatic N) is 4. The van der Waals surface area contributed by atoms with Gasteiger partial charge in [0.1, 0.15) is 0 Å². The standard InChI is InChI=1S/C7H8N5.Re/c8-7(11-3-1-9-5-11)12-4-2-10-6-12;/h1-6H,8H2;/q-1;. The van der Waals surface area contributed by atoms with Crippen molar-refractivity contribution in [3.05, 3.63) is 43.7 Å². The molecule has 0 spiro atoms. The van der Waals surface area contributed by atoms with E-state index in [1.165, 1.54) is 0 Å². The molecule has 2 heterocycles. The Labute approximate surface area is 89.3 Å². The van der Waals surface area contributed by atoms with Gasteiger partial charge < -0.3 is 14.9 Å². The maximum Gasteiger partial charge on any atom is 0.0884 e. The summed E-state index contributed by atoms with van der Waals surface area (Å²) in [7, 11) is 0. The summed E-state index contributed by atoms with van der Waals surface area (Å²) in [4.78, 5) is 7.76. The van der Waals surface area contributed by atoms with Crippen molar-refractivity contribution in [2.45, 2.75) is 0 Å². The van der Waals surface area contributed by atoms with E-state index in [1.54, 1.807) is 46.6 Å². The van der Waals surface area contributed by atoms with Crippen LogP contribution in [0.1, 0.15) is 0 Å². The number of aromatic nitrogens is 4. The summed E-state index contributed by atoms with van der Waals surface area (Å²) in [6, 6.07) is 0. The summed E-state index contributed by atoms with van der Waals surface area (Å²) < 4.78 is 3.42. The topological polar surface area (TPSA) is 61.7 Å². The van der Waals surface area contributed by atoms with Crippen LogP contribution in [0, 0.1) is 6.29 Å². The second-order valence-corrected chi connectivity index (χ2v) is 2.30. The van der Waals surface area contributed by atoms with Crippen LogP contribution < -0.4 is 5.73 Å². The minimum Gasteiger partial charge on any atom is -0.379 e. The molecule has 0 aliphatic rings. The van der Waals surface area contributed by atoms with Crippen LogP contribution in [0.15, 0.2) is 37.4 Å². The monoisotopic (exact) mass is 349 g/mol. The maximum atomic E-state index is 5.77. The van der Waals surface area contributed by atoms with E-state index in [2.05, 4.69) is 9.97 Å². The summed E-state index contributed by atoms with van der Waals surface area (Å²) in [6.45, 7) is 0. The Morgan fingerprint density at radius 1 is 1.00 bits per heavy atom. The maximum absolute atomic E-state index is 5.77. The number of rotatable bonds is 2. The van der Waals surface area contributed by atoms with Crippen molar-refractivity contribution in [2.24, 2.45) is 5.73 Å². The molecule has 2 N–H and O–H groups in total. The third-order valence-corrected chi connectivity index (χ3v) is 1.54. The van der Waals surface area contributed by atoms with Gasteiger partial charge in [0.2, 0.25) is 0 Å². The first-order valence-corrected chi connectivity index (χ1v) is 3.47. The molecule has 0 atom stereocenters. The van der Waals surface area contributed by atoms with E-state index in [4.69, 9.17) is 5.73 Å². The number of hydrogen-bond acceptors (Lipinski definition) is 3. The predicted molar refractivity (Wildman–Crippen MR) is 42.7 cm³/mol. The number of hydrogen-bond donors (Lipinski definition) is 1. The normalized spacial score (nSPS) is 9.31. The van der Waals surface area contributed by atoms with E-state index < -0.39 is 0 Å². The van der Waals surface area contributed by atoms with Gasteiger partial charge in [0.25, 0.3) is 0 Å². The first-order chi connectivity index (χ1) is 5.88. The Bertz CT molecular complexity index is 293. The molecule has 0 aromatic carbocycles. The third-order valence-electron chi connectivity index (χ3n) is 1.54. The molecule has 0 bridgehead atoms. The molecule has 0 aliphatic heterocycles. The Morgan fingerprint density at radius 3 is 1.77 bits per heavy atom. The Hall–Kier alpha value is -1.09. The van der Waals surface area contributed by atoms with Gasteiger partial charge in [-0.05, 0) is 12.4 Å². The van der Waals surface area contributed by atoms with Crippen LogP contribution >= 0.6 is 0 Å². The molecular weight excluding hydrogens is 340 g/mol. The van der Waals surface area contributed by atoms with E-state index >= 15 is 0 Å². The molecule has 2 aromatic rings. The van der Waals surface area contributed by atoms with Gasteiger partial charge in [0.15, 0.2) is 0 Å². The zero-order valence-electron chi connectivity index (χ0n) is 6.71. The quantitative estimate of drug-likeness (QED) is 0.770.